The monoisotopic (exact) mass is 300 g/mol. The number of ether oxygens (including phenoxy) is 1. The summed E-state index contributed by atoms with van der Waals surface area (Å²) in [5.41, 5.74) is -1.39. The molecule has 20 heavy (non-hydrogen) atoms. The van der Waals surface area contributed by atoms with Gasteiger partial charge in [0.1, 0.15) is 0 Å². The molecule has 2 fully saturated rings. The lowest BCUT2D eigenvalue weighted by molar-refractivity contribution is -0.198. The summed E-state index contributed by atoms with van der Waals surface area (Å²) in [7, 11) is -3.60. The summed E-state index contributed by atoms with van der Waals surface area (Å²) >= 11 is 0. The molecule has 1 aliphatic carbocycles. The first kappa shape index (κ1) is 14.2. The van der Waals surface area contributed by atoms with Crippen molar-refractivity contribution in [2.24, 2.45) is 11.3 Å². The molecule has 2 heterocycles. The lowest BCUT2D eigenvalue weighted by atomic mass is 9.59. The van der Waals surface area contributed by atoms with Crippen molar-refractivity contribution in [3.63, 3.8) is 0 Å². The zero-order chi connectivity index (χ0) is 14.8. The predicted octanol–water partition coefficient (Wildman–Crippen LogP) is 1.43. The van der Waals surface area contributed by atoms with Gasteiger partial charge in [0, 0.05) is 0 Å². The molecular weight excluding hydrogens is 280 g/mol. The van der Waals surface area contributed by atoms with Crippen molar-refractivity contribution in [1.29, 1.82) is 0 Å². The second kappa shape index (κ2) is 4.15. The minimum absolute atomic E-state index is 0.101. The molecule has 6 heteroatoms. The molecule has 3 rings (SSSR count). The Balaban J connectivity index is 2.03. The number of fused-ring (bicyclic) bond motifs is 6. The Hall–Kier alpha value is -0.720. The fourth-order valence-electron chi connectivity index (χ4n) is 4.10. The van der Waals surface area contributed by atoms with Gasteiger partial charge in [0.2, 0.25) is 0 Å². The summed E-state index contributed by atoms with van der Waals surface area (Å²) in [4.78, 5) is 12.9. The van der Waals surface area contributed by atoms with Crippen molar-refractivity contribution < 1.29 is 22.1 Å². The summed E-state index contributed by atoms with van der Waals surface area (Å²) in [6.07, 6.45) is 6.10. The van der Waals surface area contributed by atoms with Crippen LogP contribution in [-0.2, 0) is 23.8 Å². The van der Waals surface area contributed by atoms with E-state index in [2.05, 4.69) is 0 Å². The Bertz CT molecular complexity index is 580. The fraction of sp³-hybridized carbons (Fsp3) is 0.786. The fourth-order valence-corrected chi connectivity index (χ4v) is 4.79. The standard InChI is InChI=1S/C14H20O5S/c1-9(19-20(3,16)17)14-7-4-5-10(12(14)15)13(2)8-6-11(14)18-13/h6,8-11H,4-5,7H2,1-3H3/t9-,10+,11+,13-,14-/m0/s1. The minimum Gasteiger partial charge on any atom is -0.362 e. The van der Waals surface area contributed by atoms with Crippen LogP contribution in [-0.4, -0.2) is 38.3 Å². The molecule has 0 aromatic rings. The molecule has 0 aromatic heterocycles. The van der Waals surface area contributed by atoms with Gasteiger partial charge in [0.25, 0.3) is 10.1 Å². The first-order valence-electron chi connectivity index (χ1n) is 6.99. The first-order valence-corrected chi connectivity index (χ1v) is 8.80. The van der Waals surface area contributed by atoms with Gasteiger partial charge in [-0.15, -0.1) is 0 Å². The van der Waals surface area contributed by atoms with Crippen LogP contribution in [0.3, 0.4) is 0 Å². The molecule has 5 atom stereocenters. The highest BCUT2D eigenvalue weighted by molar-refractivity contribution is 7.86. The summed E-state index contributed by atoms with van der Waals surface area (Å²) in [5.74, 6) is -0.0967. The molecule has 4 bridgehead atoms. The topological polar surface area (TPSA) is 69.7 Å². The van der Waals surface area contributed by atoms with Crippen LogP contribution in [0.25, 0.3) is 0 Å². The predicted molar refractivity (Wildman–Crippen MR) is 72.6 cm³/mol. The molecule has 0 N–H and O–H groups in total. The molecule has 5 nitrogen and oxygen atoms in total. The van der Waals surface area contributed by atoms with E-state index in [0.717, 1.165) is 19.1 Å². The average molecular weight is 300 g/mol. The molecule has 0 spiro atoms. The van der Waals surface area contributed by atoms with Crippen molar-refractivity contribution in [2.45, 2.75) is 50.9 Å². The molecule has 0 aromatic carbocycles. The number of rotatable bonds is 3. The molecule has 0 radical (unpaired) electrons. The van der Waals surface area contributed by atoms with E-state index in [1.165, 1.54) is 0 Å². The SMILES string of the molecule is C[C@H](OS(C)(=O)=O)[C@]12CCC[C@H](C1=O)[C@]1(C)C=C[C@H]2O1. The largest absolute Gasteiger partial charge is 0.362 e. The third-order valence-electron chi connectivity index (χ3n) is 5.09. The second-order valence-electron chi connectivity index (χ2n) is 6.37. The smallest absolute Gasteiger partial charge is 0.264 e. The highest BCUT2D eigenvalue weighted by Crippen LogP contribution is 2.56. The van der Waals surface area contributed by atoms with E-state index >= 15 is 0 Å². The third kappa shape index (κ3) is 1.81. The lowest BCUT2D eigenvalue weighted by Crippen LogP contribution is -2.63. The van der Waals surface area contributed by atoms with E-state index < -0.39 is 27.2 Å². The zero-order valence-electron chi connectivity index (χ0n) is 12.0. The summed E-state index contributed by atoms with van der Waals surface area (Å²) < 4.78 is 34.0. The van der Waals surface area contributed by atoms with Gasteiger partial charge in [-0.25, -0.2) is 0 Å². The first-order chi connectivity index (χ1) is 9.19. The highest BCUT2D eigenvalue weighted by atomic mass is 32.2. The molecule has 1 saturated carbocycles. The van der Waals surface area contributed by atoms with Crippen LogP contribution in [0, 0.1) is 11.3 Å². The van der Waals surface area contributed by atoms with Gasteiger partial charge < -0.3 is 4.74 Å². The van der Waals surface area contributed by atoms with Gasteiger partial charge in [-0.05, 0) is 26.7 Å². The number of ketones is 1. The van der Waals surface area contributed by atoms with Gasteiger partial charge in [0.15, 0.2) is 5.78 Å². The van der Waals surface area contributed by atoms with Crippen LogP contribution in [0.15, 0.2) is 12.2 Å². The van der Waals surface area contributed by atoms with E-state index in [1.807, 2.05) is 19.1 Å². The highest BCUT2D eigenvalue weighted by Gasteiger charge is 2.65. The van der Waals surface area contributed by atoms with Crippen LogP contribution in [0.5, 0.6) is 0 Å². The maximum absolute atomic E-state index is 12.9. The van der Waals surface area contributed by atoms with Gasteiger partial charge in [-0.2, -0.15) is 8.42 Å². The minimum atomic E-state index is -3.60. The quantitative estimate of drug-likeness (QED) is 0.582. The Morgan fingerprint density at radius 1 is 1.50 bits per heavy atom. The van der Waals surface area contributed by atoms with E-state index in [1.54, 1.807) is 6.92 Å². The van der Waals surface area contributed by atoms with Crippen LogP contribution >= 0.6 is 0 Å². The van der Waals surface area contributed by atoms with Gasteiger partial charge in [-0.1, -0.05) is 18.6 Å². The summed E-state index contributed by atoms with van der Waals surface area (Å²) in [5, 5.41) is 0. The number of carbonyl (C=O) groups excluding carboxylic acids is 1. The Morgan fingerprint density at radius 3 is 2.85 bits per heavy atom. The van der Waals surface area contributed by atoms with E-state index in [0.29, 0.717) is 6.42 Å². The molecule has 2 aliphatic heterocycles. The third-order valence-corrected chi connectivity index (χ3v) is 5.72. The Kier molecular flexibility index (Phi) is 2.95. The van der Waals surface area contributed by atoms with Crippen molar-refractivity contribution in [3.05, 3.63) is 12.2 Å². The van der Waals surface area contributed by atoms with Crippen molar-refractivity contribution in [1.82, 2.24) is 0 Å². The maximum Gasteiger partial charge on any atom is 0.264 e. The average Bonchev–Trinajstić information content (AvgIpc) is 2.68. The number of hydrogen-bond donors (Lipinski definition) is 0. The number of Topliss-reactive ketones (excluding diaryl/α,β-unsaturated/α-hetero) is 1. The molecule has 112 valence electrons. The Morgan fingerprint density at radius 2 is 2.20 bits per heavy atom. The van der Waals surface area contributed by atoms with Gasteiger partial charge in [-0.3, -0.25) is 8.98 Å². The van der Waals surface area contributed by atoms with E-state index in [9.17, 15) is 13.2 Å². The van der Waals surface area contributed by atoms with E-state index in [-0.39, 0.29) is 17.8 Å². The molecule has 0 unspecified atom stereocenters. The van der Waals surface area contributed by atoms with Crippen molar-refractivity contribution >= 4 is 15.9 Å². The van der Waals surface area contributed by atoms with Crippen molar-refractivity contribution in [3.8, 4) is 0 Å². The molecule has 3 aliphatic rings. The Labute approximate surface area is 119 Å². The zero-order valence-corrected chi connectivity index (χ0v) is 12.8. The van der Waals surface area contributed by atoms with Gasteiger partial charge >= 0.3 is 0 Å². The normalized spacial score (nSPS) is 44.6. The molecule has 0 amide bonds. The van der Waals surface area contributed by atoms with Gasteiger partial charge in [0.05, 0.1) is 35.4 Å². The molecular formula is C14H20O5S. The number of hydrogen-bond acceptors (Lipinski definition) is 5. The number of carbonyl (C=O) groups is 1. The van der Waals surface area contributed by atoms with Crippen LogP contribution in [0.4, 0.5) is 0 Å². The lowest BCUT2D eigenvalue weighted by Gasteiger charge is -2.53. The van der Waals surface area contributed by atoms with Crippen LogP contribution in [0.1, 0.15) is 33.1 Å². The van der Waals surface area contributed by atoms with Crippen LogP contribution in [0.2, 0.25) is 0 Å². The summed E-state index contributed by atoms with van der Waals surface area (Å²) in [6.45, 7) is 3.60. The van der Waals surface area contributed by atoms with Crippen molar-refractivity contribution in [2.75, 3.05) is 6.26 Å². The second-order valence-corrected chi connectivity index (χ2v) is 7.97. The maximum atomic E-state index is 12.9. The van der Waals surface area contributed by atoms with E-state index in [4.69, 9.17) is 8.92 Å². The molecule has 1 saturated heterocycles. The van der Waals surface area contributed by atoms with Crippen LogP contribution < -0.4 is 0 Å². The summed E-state index contributed by atoms with van der Waals surface area (Å²) in [6, 6.07) is 0.